The highest BCUT2D eigenvalue weighted by molar-refractivity contribution is 5.82. The van der Waals surface area contributed by atoms with Crippen LogP contribution in [-0.2, 0) is 16.1 Å². The van der Waals surface area contributed by atoms with Gasteiger partial charge in [-0.05, 0) is 69.2 Å². The molecule has 1 saturated carbocycles. The second kappa shape index (κ2) is 13.7. The van der Waals surface area contributed by atoms with Crippen LogP contribution >= 0.6 is 0 Å². The number of nitrogens with two attached hydrogens (primary N) is 1. The van der Waals surface area contributed by atoms with Crippen molar-refractivity contribution >= 4 is 5.78 Å². The predicted molar refractivity (Wildman–Crippen MR) is 126 cm³/mol. The molecule has 0 amide bonds. The number of carbonyl (C=O) groups excluding carboxylic acids is 1. The van der Waals surface area contributed by atoms with Gasteiger partial charge in [-0.3, -0.25) is 4.79 Å². The minimum absolute atomic E-state index is 0.154. The van der Waals surface area contributed by atoms with E-state index in [0.29, 0.717) is 24.7 Å². The summed E-state index contributed by atoms with van der Waals surface area (Å²) in [6.07, 6.45) is 11.3. The third-order valence-corrected chi connectivity index (χ3v) is 6.46. The van der Waals surface area contributed by atoms with Crippen molar-refractivity contribution in [3.8, 4) is 0 Å². The lowest BCUT2D eigenvalue weighted by Crippen LogP contribution is -2.29. The fraction of sp³-hybridized carbons (Fsp3) is 0.654. The van der Waals surface area contributed by atoms with Crippen molar-refractivity contribution in [1.29, 1.82) is 0 Å². The molecule has 0 heterocycles. The highest BCUT2D eigenvalue weighted by Gasteiger charge is 2.32. The molecule has 0 saturated heterocycles. The van der Waals surface area contributed by atoms with Gasteiger partial charge in [0.2, 0.25) is 0 Å². The van der Waals surface area contributed by atoms with Crippen LogP contribution in [0.2, 0.25) is 0 Å². The van der Waals surface area contributed by atoms with E-state index in [-0.39, 0.29) is 11.8 Å². The molecule has 1 unspecified atom stereocenters. The van der Waals surface area contributed by atoms with Gasteiger partial charge in [0.15, 0.2) is 0 Å². The lowest BCUT2D eigenvalue weighted by Gasteiger charge is -2.32. The molecule has 30 heavy (non-hydrogen) atoms. The molecule has 1 fully saturated rings. The van der Waals surface area contributed by atoms with Crippen LogP contribution in [0.4, 0.5) is 0 Å². The smallest absolute Gasteiger partial charge is 0.136 e. The minimum Gasteiger partial charge on any atom is -0.385 e. The summed E-state index contributed by atoms with van der Waals surface area (Å²) in [4.78, 5) is 15.5. The van der Waals surface area contributed by atoms with E-state index in [2.05, 4.69) is 42.3 Å². The van der Waals surface area contributed by atoms with Crippen molar-refractivity contribution in [3.63, 3.8) is 0 Å². The van der Waals surface area contributed by atoms with Crippen LogP contribution in [0.3, 0.4) is 0 Å². The Bertz CT molecular complexity index is 641. The standard InChI is InChI=1S/C26H42N2O2/c1-4-5-9-22(19-27)18-26(29)25-11-7-6-10-24(25)23-14-12-21(13-15-23)20-28(2)16-8-17-30-3/h4-5,12-15,22,24-25H,6-11,16-20,27H2,1-3H3/b5-4-/t22-,24-,25?/m0/s1. The number of allylic oxidation sites excluding steroid dienone is 2. The molecular weight excluding hydrogens is 372 g/mol. The summed E-state index contributed by atoms with van der Waals surface area (Å²) in [6.45, 7) is 5.39. The van der Waals surface area contributed by atoms with E-state index in [4.69, 9.17) is 10.5 Å². The summed E-state index contributed by atoms with van der Waals surface area (Å²) in [6, 6.07) is 9.00. The van der Waals surface area contributed by atoms with Gasteiger partial charge in [0, 0.05) is 39.1 Å². The van der Waals surface area contributed by atoms with E-state index >= 15 is 0 Å². The van der Waals surface area contributed by atoms with Crippen LogP contribution in [-0.4, -0.2) is 44.5 Å². The van der Waals surface area contributed by atoms with Crippen LogP contribution < -0.4 is 5.73 Å². The lowest BCUT2D eigenvalue weighted by molar-refractivity contribution is -0.125. The molecule has 168 valence electrons. The van der Waals surface area contributed by atoms with E-state index in [1.807, 2.05) is 13.0 Å². The maximum Gasteiger partial charge on any atom is 0.136 e. The monoisotopic (exact) mass is 414 g/mol. The quantitative estimate of drug-likeness (QED) is 0.367. The Morgan fingerprint density at radius 2 is 2.00 bits per heavy atom. The number of nitrogens with zero attached hydrogens (tertiary/aromatic N) is 1. The maximum absolute atomic E-state index is 13.2. The topological polar surface area (TPSA) is 55.6 Å². The fourth-order valence-electron chi connectivity index (χ4n) is 4.68. The first-order valence-electron chi connectivity index (χ1n) is 11.7. The zero-order valence-electron chi connectivity index (χ0n) is 19.3. The largest absolute Gasteiger partial charge is 0.385 e. The molecule has 0 aromatic heterocycles. The number of Topliss-reactive ketones (excluding diaryl/α,β-unsaturated/α-hetero) is 1. The summed E-state index contributed by atoms with van der Waals surface area (Å²) in [5.41, 5.74) is 8.59. The molecular formula is C26H42N2O2. The Hall–Kier alpha value is -1.49. The molecule has 1 aliphatic rings. The van der Waals surface area contributed by atoms with E-state index in [1.165, 1.54) is 24.0 Å². The molecule has 0 spiro atoms. The van der Waals surface area contributed by atoms with Gasteiger partial charge >= 0.3 is 0 Å². The zero-order chi connectivity index (χ0) is 21.8. The van der Waals surface area contributed by atoms with Crippen molar-refractivity contribution in [2.75, 3.05) is 33.9 Å². The van der Waals surface area contributed by atoms with Gasteiger partial charge in [-0.25, -0.2) is 0 Å². The third kappa shape index (κ3) is 7.98. The van der Waals surface area contributed by atoms with Crippen molar-refractivity contribution in [2.24, 2.45) is 17.6 Å². The molecule has 0 bridgehead atoms. The number of benzene rings is 1. The SMILES string of the molecule is C/C=C\C[C@H](CN)CC(=O)C1CCCC[C@H]1c1ccc(CN(C)CCCOC)cc1. The zero-order valence-corrected chi connectivity index (χ0v) is 19.3. The molecule has 3 atom stereocenters. The Kier molecular flexibility index (Phi) is 11.3. The maximum atomic E-state index is 13.2. The molecule has 1 aromatic rings. The van der Waals surface area contributed by atoms with E-state index in [0.717, 1.165) is 45.4 Å². The number of rotatable bonds is 13. The van der Waals surface area contributed by atoms with Gasteiger partial charge < -0.3 is 15.4 Å². The van der Waals surface area contributed by atoms with Crippen molar-refractivity contribution < 1.29 is 9.53 Å². The average molecular weight is 415 g/mol. The molecule has 2 N–H and O–H groups in total. The Morgan fingerprint density at radius 1 is 1.27 bits per heavy atom. The second-order valence-electron chi connectivity index (χ2n) is 8.90. The van der Waals surface area contributed by atoms with E-state index in [9.17, 15) is 4.79 Å². The van der Waals surface area contributed by atoms with Crippen LogP contribution in [0.15, 0.2) is 36.4 Å². The first kappa shape index (κ1) is 24.8. The van der Waals surface area contributed by atoms with Crippen LogP contribution in [0, 0.1) is 11.8 Å². The summed E-state index contributed by atoms with van der Waals surface area (Å²) >= 11 is 0. The minimum atomic E-state index is 0.154. The number of hydrogen-bond donors (Lipinski definition) is 1. The molecule has 0 aliphatic heterocycles. The number of methoxy groups -OCH3 is 1. The molecule has 4 nitrogen and oxygen atoms in total. The van der Waals surface area contributed by atoms with Crippen LogP contribution in [0.25, 0.3) is 0 Å². The summed E-state index contributed by atoms with van der Waals surface area (Å²) in [5.74, 6) is 1.20. The number of hydrogen-bond acceptors (Lipinski definition) is 4. The first-order valence-corrected chi connectivity index (χ1v) is 11.7. The van der Waals surface area contributed by atoms with Gasteiger partial charge in [-0.1, -0.05) is 49.3 Å². The number of ether oxygens (including phenoxy) is 1. The van der Waals surface area contributed by atoms with Crippen LogP contribution in [0.1, 0.15) is 68.9 Å². The predicted octanol–water partition coefficient (Wildman–Crippen LogP) is 4.93. The van der Waals surface area contributed by atoms with Gasteiger partial charge in [0.05, 0.1) is 0 Å². The van der Waals surface area contributed by atoms with Crippen molar-refractivity contribution in [1.82, 2.24) is 4.90 Å². The molecule has 0 radical (unpaired) electrons. The highest BCUT2D eigenvalue weighted by Crippen LogP contribution is 2.39. The lowest BCUT2D eigenvalue weighted by atomic mass is 9.72. The molecule has 1 aliphatic carbocycles. The third-order valence-electron chi connectivity index (χ3n) is 6.46. The van der Waals surface area contributed by atoms with E-state index in [1.54, 1.807) is 7.11 Å². The normalized spacial score (nSPS) is 20.7. The molecule has 4 heteroatoms. The summed E-state index contributed by atoms with van der Waals surface area (Å²) in [7, 11) is 3.90. The second-order valence-corrected chi connectivity index (χ2v) is 8.90. The highest BCUT2D eigenvalue weighted by atomic mass is 16.5. The van der Waals surface area contributed by atoms with Crippen molar-refractivity contribution in [2.45, 2.75) is 64.3 Å². The van der Waals surface area contributed by atoms with Gasteiger partial charge in [-0.15, -0.1) is 0 Å². The van der Waals surface area contributed by atoms with E-state index < -0.39 is 0 Å². The molecule has 1 aromatic carbocycles. The number of carbonyl (C=O) groups is 1. The van der Waals surface area contributed by atoms with Gasteiger partial charge in [-0.2, -0.15) is 0 Å². The fourth-order valence-corrected chi connectivity index (χ4v) is 4.68. The Balaban J connectivity index is 1.98. The average Bonchev–Trinajstić information content (AvgIpc) is 2.77. The van der Waals surface area contributed by atoms with Gasteiger partial charge in [0.25, 0.3) is 0 Å². The van der Waals surface area contributed by atoms with Gasteiger partial charge in [0.1, 0.15) is 5.78 Å². The Morgan fingerprint density at radius 3 is 2.67 bits per heavy atom. The van der Waals surface area contributed by atoms with Crippen molar-refractivity contribution in [3.05, 3.63) is 47.5 Å². The number of ketones is 1. The summed E-state index contributed by atoms with van der Waals surface area (Å²) in [5, 5.41) is 0. The van der Waals surface area contributed by atoms with Crippen LogP contribution in [0.5, 0.6) is 0 Å². The first-order chi connectivity index (χ1) is 14.6. The summed E-state index contributed by atoms with van der Waals surface area (Å²) < 4.78 is 5.14. The Labute approximate surface area is 183 Å². The molecule has 2 rings (SSSR count).